The summed E-state index contributed by atoms with van der Waals surface area (Å²) in [7, 11) is -5.39. The Balaban J connectivity index is -0.0000000592. The zero-order valence-corrected chi connectivity index (χ0v) is 29.5. The van der Waals surface area contributed by atoms with Gasteiger partial charge in [-0.25, -0.2) is 0 Å². The van der Waals surface area contributed by atoms with Gasteiger partial charge in [0, 0.05) is 0 Å². The molecule has 0 heterocycles. The third kappa shape index (κ3) is 61.4. The van der Waals surface area contributed by atoms with Crippen LogP contribution in [0.5, 0.6) is 0 Å². The fourth-order valence-corrected chi connectivity index (χ4v) is 0.912. The Morgan fingerprint density at radius 3 is 0.714 bits per heavy atom. The average molecular weight is 609 g/mol. The van der Waals surface area contributed by atoms with Gasteiger partial charge >= 0.3 is 172 Å². The molecule has 0 radical (unpaired) electrons. The van der Waals surface area contributed by atoms with Gasteiger partial charge < -0.3 is 69.0 Å². The van der Waals surface area contributed by atoms with Gasteiger partial charge in [-0.3, -0.25) is 28.8 Å². The molecule has 0 saturated heterocycles. The molecule has 35 heavy (non-hydrogen) atoms. The maximum absolute atomic E-state index is 9.99. The van der Waals surface area contributed by atoms with Crippen molar-refractivity contribution in [1.29, 1.82) is 0 Å². The van der Waals surface area contributed by atoms with Crippen LogP contribution in [-0.4, -0.2) is 69.1 Å². The van der Waals surface area contributed by atoms with E-state index in [4.69, 9.17) is 51.8 Å². The Morgan fingerprint density at radius 2 is 0.686 bits per heavy atom. The number of carboxylic acid groups (broad SMARTS) is 3. The maximum atomic E-state index is 9.99. The predicted octanol–water partition coefficient (Wildman–Crippen LogP) is -17.0. The SMILES string of the molecule is NC(=O)C[C@H](N)C(=O)O.NC(=O)C[C@H](N)C(=O)O.NC(=O)C[C@H](N)C(=O)O.O=P([O-])([O-])[O-].[K+].[K+].[K+]. The fraction of sp³-hybridized carbons (Fsp3) is 0.500. The van der Waals surface area contributed by atoms with Gasteiger partial charge in [0.15, 0.2) is 0 Å². The minimum Gasteiger partial charge on any atom is -0.822 e. The smallest absolute Gasteiger partial charge is 0.822 e. The first-order valence-corrected chi connectivity index (χ1v) is 9.10. The third-order valence-electron chi connectivity index (χ3n) is 2.21. The van der Waals surface area contributed by atoms with Crippen LogP contribution in [0.3, 0.4) is 0 Å². The summed E-state index contributed by atoms with van der Waals surface area (Å²) in [5, 5.41) is 24.3. The van der Waals surface area contributed by atoms with Crippen molar-refractivity contribution in [2.75, 3.05) is 0 Å². The summed E-state index contributed by atoms with van der Waals surface area (Å²) in [6, 6.07) is -3.49. The summed E-state index contributed by atoms with van der Waals surface area (Å²) < 4.78 is 8.55. The molecule has 0 aromatic carbocycles. The van der Waals surface area contributed by atoms with E-state index in [2.05, 4.69) is 17.2 Å². The number of hydrogen-bond donors (Lipinski definition) is 9. The van der Waals surface area contributed by atoms with Gasteiger partial charge in [0.25, 0.3) is 0 Å². The molecule has 15 N–H and O–H groups in total. The van der Waals surface area contributed by atoms with Crippen molar-refractivity contribution in [1.82, 2.24) is 0 Å². The molecule has 19 nitrogen and oxygen atoms in total. The molecule has 0 aliphatic rings. The molecular weight excluding hydrogens is 584 g/mol. The van der Waals surface area contributed by atoms with E-state index in [0.29, 0.717) is 0 Å². The Kier molecular flexibility index (Phi) is 45.9. The van der Waals surface area contributed by atoms with Crippen LogP contribution in [0.4, 0.5) is 0 Å². The average Bonchev–Trinajstić information content (AvgIpc) is 2.52. The topological polar surface area (TPSA) is 405 Å². The van der Waals surface area contributed by atoms with Crippen LogP contribution in [0.2, 0.25) is 0 Å². The second-order valence-electron chi connectivity index (χ2n) is 5.29. The molecule has 0 spiro atoms. The molecule has 0 aliphatic carbocycles. The fourth-order valence-electron chi connectivity index (χ4n) is 0.912. The summed E-state index contributed by atoms with van der Waals surface area (Å²) in [6.45, 7) is 0. The van der Waals surface area contributed by atoms with Crippen molar-refractivity contribution in [3.63, 3.8) is 0 Å². The zero-order valence-electron chi connectivity index (χ0n) is 19.2. The molecular formula is C12H24K3N6O13P. The number of aliphatic carboxylic acids is 3. The van der Waals surface area contributed by atoms with E-state index in [1.165, 1.54) is 0 Å². The molecule has 3 amide bonds. The van der Waals surface area contributed by atoms with Crippen molar-refractivity contribution < 1.29 is 217 Å². The normalized spacial score (nSPS) is 11.4. The van der Waals surface area contributed by atoms with Crippen LogP contribution in [0.15, 0.2) is 0 Å². The molecule has 0 fully saturated rings. The van der Waals surface area contributed by atoms with E-state index < -0.39 is 61.6 Å². The van der Waals surface area contributed by atoms with E-state index in [1.54, 1.807) is 0 Å². The molecule has 0 aromatic rings. The van der Waals surface area contributed by atoms with Crippen LogP contribution >= 0.6 is 7.82 Å². The number of amides is 3. The zero-order chi connectivity index (χ0) is 26.8. The van der Waals surface area contributed by atoms with E-state index in [9.17, 15) is 28.8 Å². The van der Waals surface area contributed by atoms with E-state index >= 15 is 0 Å². The first-order valence-electron chi connectivity index (χ1n) is 7.64. The van der Waals surface area contributed by atoms with Crippen molar-refractivity contribution in [3.8, 4) is 0 Å². The number of primary amides is 3. The number of rotatable bonds is 9. The first kappa shape index (κ1) is 53.0. The van der Waals surface area contributed by atoms with Crippen molar-refractivity contribution in [2.24, 2.45) is 34.4 Å². The number of nitrogens with two attached hydrogens (primary N) is 6. The second kappa shape index (κ2) is 30.3. The first-order chi connectivity index (χ1) is 14.1. The van der Waals surface area contributed by atoms with Crippen molar-refractivity contribution in [3.05, 3.63) is 0 Å². The largest absolute Gasteiger partial charge is 1.00 e. The molecule has 0 saturated carbocycles. The minimum atomic E-state index is -5.39. The van der Waals surface area contributed by atoms with E-state index in [0.717, 1.165) is 0 Å². The van der Waals surface area contributed by atoms with Crippen LogP contribution in [0, 0.1) is 0 Å². The second-order valence-corrected chi connectivity index (χ2v) is 6.19. The van der Waals surface area contributed by atoms with Gasteiger partial charge in [-0.2, -0.15) is 7.82 Å². The molecule has 23 heteroatoms. The minimum absolute atomic E-state index is 0. The quantitative estimate of drug-likeness (QED) is 0.0866. The Labute approximate surface area is 326 Å². The van der Waals surface area contributed by atoms with Crippen LogP contribution in [0.1, 0.15) is 19.3 Å². The molecule has 0 rings (SSSR count). The number of phosphoric acid groups is 1. The summed E-state index contributed by atoms with van der Waals surface area (Å²) in [5.74, 6) is -5.75. The van der Waals surface area contributed by atoms with Gasteiger partial charge in [-0.1, -0.05) is 0 Å². The van der Waals surface area contributed by atoms with Gasteiger partial charge in [-0.05, 0) is 0 Å². The maximum Gasteiger partial charge on any atom is 1.00 e. The van der Waals surface area contributed by atoms with E-state index in [1.807, 2.05) is 0 Å². The van der Waals surface area contributed by atoms with Gasteiger partial charge in [0.2, 0.25) is 17.7 Å². The molecule has 188 valence electrons. The van der Waals surface area contributed by atoms with Crippen molar-refractivity contribution in [2.45, 2.75) is 37.4 Å². The molecule has 3 atom stereocenters. The number of hydrogen-bond acceptors (Lipinski definition) is 13. The monoisotopic (exact) mass is 608 g/mol. The third-order valence-corrected chi connectivity index (χ3v) is 2.21. The van der Waals surface area contributed by atoms with Gasteiger partial charge in [0.1, 0.15) is 18.1 Å². The van der Waals surface area contributed by atoms with E-state index in [-0.39, 0.29) is 173 Å². The van der Waals surface area contributed by atoms with Crippen LogP contribution in [0.25, 0.3) is 0 Å². The van der Waals surface area contributed by atoms with Gasteiger partial charge in [-0.15, -0.1) is 0 Å². The Bertz CT molecular complexity index is 627. The Morgan fingerprint density at radius 1 is 0.571 bits per heavy atom. The van der Waals surface area contributed by atoms with Crippen LogP contribution < -0.4 is 203 Å². The standard InChI is InChI=1S/3C4H8N2O3.3K.H3O4P/c3*5-2(4(8)9)1-3(6)7;;;;1-5(2,3)4/h3*2H,1,5H2,(H2,6,7)(H,8,9);;;;(H3,1,2,3,4)/q;;;3*+1;/p-3/t3*2-;;;;/m000..../s1. The number of carboxylic acids is 3. The molecule has 0 unspecified atom stereocenters. The predicted molar refractivity (Wildman–Crippen MR) is 95.9 cm³/mol. The summed E-state index contributed by atoms with van der Waals surface area (Å²) in [5.41, 5.74) is 28.7. The molecule has 0 aromatic heterocycles. The molecule has 0 aliphatic heterocycles. The Hall–Kier alpha value is 1.72. The number of carbonyl (C=O) groups excluding carboxylic acids is 3. The van der Waals surface area contributed by atoms with Crippen LogP contribution in [-0.2, 0) is 33.3 Å². The summed E-state index contributed by atoms with van der Waals surface area (Å²) in [6.07, 6.45) is -0.931. The molecule has 0 bridgehead atoms. The summed E-state index contributed by atoms with van der Waals surface area (Å²) >= 11 is 0. The van der Waals surface area contributed by atoms with Gasteiger partial charge in [0.05, 0.1) is 19.3 Å². The van der Waals surface area contributed by atoms with Crippen molar-refractivity contribution >= 4 is 43.5 Å². The summed E-state index contributed by atoms with van der Waals surface area (Å²) in [4.78, 5) is 85.3. The number of carbonyl (C=O) groups is 6.